The van der Waals surface area contributed by atoms with Gasteiger partial charge in [0.15, 0.2) is 0 Å². The summed E-state index contributed by atoms with van der Waals surface area (Å²) in [5, 5.41) is 0. The molecular weight excluding hydrogens is 372 g/mol. The van der Waals surface area contributed by atoms with Crippen LogP contribution in [0.3, 0.4) is 0 Å². The largest absolute Gasteiger partial charge is 0.0735 e. The summed E-state index contributed by atoms with van der Waals surface area (Å²) >= 11 is 0. The average molecular weight is 412 g/mol. The molecule has 1 atom stereocenters. The lowest BCUT2D eigenvalue weighted by molar-refractivity contribution is 0.516. The van der Waals surface area contributed by atoms with Crippen LogP contribution in [0.4, 0.5) is 0 Å². The van der Waals surface area contributed by atoms with Crippen molar-refractivity contribution in [3.8, 4) is 11.1 Å². The zero-order valence-corrected chi connectivity index (χ0v) is 21.2. The molecule has 2 aromatic carbocycles. The molecule has 0 N–H and O–H groups in total. The number of benzene rings is 2. The lowest BCUT2D eigenvalue weighted by Crippen LogP contribution is -2.13. The van der Waals surface area contributed by atoms with Crippen molar-refractivity contribution >= 4 is 5.57 Å². The van der Waals surface area contributed by atoms with E-state index >= 15 is 0 Å². The Morgan fingerprint density at radius 1 is 0.645 bits per heavy atom. The highest BCUT2D eigenvalue weighted by Crippen LogP contribution is 2.48. The maximum atomic E-state index is 2.47. The molecule has 0 saturated carbocycles. The lowest BCUT2D eigenvalue weighted by atomic mass is 9.80. The molecule has 0 aromatic heterocycles. The number of fused-ring (bicyclic) bond motifs is 3. The van der Waals surface area contributed by atoms with Crippen LogP contribution in [-0.4, -0.2) is 0 Å². The van der Waals surface area contributed by atoms with Crippen molar-refractivity contribution in [2.45, 2.75) is 80.1 Å². The van der Waals surface area contributed by atoms with Crippen LogP contribution >= 0.6 is 0 Å². The summed E-state index contributed by atoms with van der Waals surface area (Å²) in [5.74, 6) is 0.441. The minimum Gasteiger partial charge on any atom is -0.0735 e. The van der Waals surface area contributed by atoms with Crippen LogP contribution in [-0.2, 0) is 10.8 Å². The second kappa shape index (κ2) is 6.96. The van der Waals surface area contributed by atoms with E-state index in [1.54, 1.807) is 0 Å². The first-order chi connectivity index (χ1) is 14.2. The van der Waals surface area contributed by atoms with Crippen LogP contribution in [0.15, 0.2) is 48.1 Å². The number of hydrogen-bond acceptors (Lipinski definition) is 0. The predicted octanol–water partition coefficient (Wildman–Crippen LogP) is 8.87. The topological polar surface area (TPSA) is 0 Å². The van der Waals surface area contributed by atoms with Crippen molar-refractivity contribution in [2.75, 3.05) is 0 Å². The van der Waals surface area contributed by atoms with Gasteiger partial charge >= 0.3 is 0 Å². The highest BCUT2D eigenvalue weighted by atomic mass is 14.3. The van der Waals surface area contributed by atoms with Crippen molar-refractivity contribution in [1.29, 1.82) is 0 Å². The standard InChI is InChI=1S/C31H39/c1-19-13-22(30(5,6)7)16-24(19)27-17-23(31(8,9)10)18-28-25-15-21(29(2,3)4)12-11-20(25)14-26(27)28/h11-19H,1-10H3. The van der Waals surface area contributed by atoms with Gasteiger partial charge in [-0.2, -0.15) is 0 Å². The van der Waals surface area contributed by atoms with Crippen molar-refractivity contribution < 1.29 is 0 Å². The van der Waals surface area contributed by atoms with Gasteiger partial charge in [0.05, 0.1) is 0 Å². The molecule has 163 valence electrons. The first-order valence-corrected chi connectivity index (χ1v) is 11.8. The molecule has 2 aliphatic rings. The molecule has 0 saturated heterocycles. The summed E-state index contributed by atoms with van der Waals surface area (Å²) in [7, 11) is 0. The number of hydrogen-bond donors (Lipinski definition) is 0. The summed E-state index contributed by atoms with van der Waals surface area (Å²) in [4.78, 5) is 0. The summed E-state index contributed by atoms with van der Waals surface area (Å²) < 4.78 is 0. The Bertz CT molecular complexity index is 1100. The molecule has 2 aromatic rings. The zero-order chi connectivity index (χ0) is 22.9. The smallest absolute Gasteiger partial charge is 0.0218 e. The van der Waals surface area contributed by atoms with E-state index in [1.165, 1.54) is 50.1 Å². The summed E-state index contributed by atoms with van der Waals surface area (Å²) in [6.45, 7) is 23.2. The second-order valence-corrected chi connectivity index (χ2v) is 12.7. The zero-order valence-electron chi connectivity index (χ0n) is 21.2. The minimum atomic E-state index is 0.108. The Labute approximate surface area is 190 Å². The third-order valence-electron chi connectivity index (χ3n) is 6.96. The molecule has 0 aliphatic heterocycles. The van der Waals surface area contributed by atoms with E-state index in [2.05, 4.69) is 118 Å². The monoisotopic (exact) mass is 411 g/mol. The van der Waals surface area contributed by atoms with Gasteiger partial charge in [0.25, 0.3) is 0 Å². The molecule has 0 spiro atoms. The third-order valence-corrected chi connectivity index (χ3v) is 6.96. The normalized spacial score (nSPS) is 18.6. The fraction of sp³-hybridized carbons (Fsp3) is 0.452. The second-order valence-electron chi connectivity index (χ2n) is 12.7. The van der Waals surface area contributed by atoms with Crippen molar-refractivity contribution in [3.63, 3.8) is 0 Å². The van der Waals surface area contributed by atoms with Gasteiger partial charge in [-0.05, 0) is 66.3 Å². The number of rotatable bonds is 1. The minimum absolute atomic E-state index is 0.108. The molecule has 0 nitrogen and oxygen atoms in total. The van der Waals surface area contributed by atoms with Gasteiger partial charge in [-0.25, -0.2) is 0 Å². The molecule has 1 unspecified atom stereocenters. The van der Waals surface area contributed by atoms with E-state index < -0.39 is 0 Å². The molecule has 0 heterocycles. The first-order valence-electron chi connectivity index (χ1n) is 11.8. The van der Waals surface area contributed by atoms with Crippen LogP contribution in [0.5, 0.6) is 0 Å². The van der Waals surface area contributed by atoms with E-state index in [0.29, 0.717) is 5.92 Å². The summed E-state index contributed by atoms with van der Waals surface area (Å²) in [6.07, 6.45) is 7.34. The van der Waals surface area contributed by atoms with Gasteiger partial charge in [-0.3, -0.25) is 0 Å². The Kier molecular flexibility index (Phi) is 4.97. The van der Waals surface area contributed by atoms with E-state index in [-0.39, 0.29) is 16.2 Å². The van der Waals surface area contributed by atoms with Crippen LogP contribution in [0.1, 0.15) is 97.1 Å². The van der Waals surface area contributed by atoms with Gasteiger partial charge in [-0.15, -0.1) is 0 Å². The Morgan fingerprint density at radius 3 is 1.77 bits per heavy atom. The van der Waals surface area contributed by atoms with Gasteiger partial charge in [0.1, 0.15) is 0 Å². The van der Waals surface area contributed by atoms with Crippen LogP contribution in [0.2, 0.25) is 0 Å². The maximum Gasteiger partial charge on any atom is 0.0218 e. The van der Waals surface area contributed by atoms with Crippen LogP contribution in [0, 0.1) is 17.8 Å². The van der Waals surface area contributed by atoms with Gasteiger partial charge in [0.2, 0.25) is 0 Å². The Morgan fingerprint density at radius 2 is 1.23 bits per heavy atom. The summed E-state index contributed by atoms with van der Waals surface area (Å²) in [6, 6.07) is 12.0. The molecule has 4 rings (SSSR count). The quantitative estimate of drug-likeness (QED) is 0.375. The van der Waals surface area contributed by atoms with Gasteiger partial charge < -0.3 is 0 Å². The lowest BCUT2D eigenvalue weighted by Gasteiger charge is -2.24. The van der Waals surface area contributed by atoms with Crippen molar-refractivity contribution in [2.24, 2.45) is 11.3 Å². The fourth-order valence-corrected chi connectivity index (χ4v) is 4.74. The van der Waals surface area contributed by atoms with E-state index in [1.807, 2.05) is 0 Å². The van der Waals surface area contributed by atoms with E-state index in [0.717, 1.165) is 0 Å². The van der Waals surface area contributed by atoms with E-state index in [9.17, 15) is 0 Å². The Hall–Kier alpha value is -2.08. The SMILES string of the molecule is CC1C=C(C(C)(C)C)C=C1c1cc(C(C)(C)C)cc2c1[CH]c1ccc(C(C)(C)C)cc1-2. The number of allylic oxidation sites excluding steroid dienone is 4. The fourth-order valence-electron chi connectivity index (χ4n) is 4.74. The summed E-state index contributed by atoms with van der Waals surface area (Å²) in [5.41, 5.74) is 13.1. The average Bonchev–Trinajstić information content (AvgIpc) is 3.19. The van der Waals surface area contributed by atoms with Crippen molar-refractivity contribution in [1.82, 2.24) is 0 Å². The molecule has 0 bridgehead atoms. The third kappa shape index (κ3) is 3.95. The molecule has 1 radical (unpaired) electrons. The van der Waals surface area contributed by atoms with Gasteiger partial charge in [0, 0.05) is 12.3 Å². The van der Waals surface area contributed by atoms with Crippen LogP contribution in [0.25, 0.3) is 16.7 Å². The molecule has 2 aliphatic carbocycles. The molecular formula is C31H39. The van der Waals surface area contributed by atoms with E-state index in [4.69, 9.17) is 0 Å². The molecule has 0 fully saturated rings. The predicted molar refractivity (Wildman–Crippen MR) is 136 cm³/mol. The Balaban J connectivity index is 1.94. The molecule has 0 amide bonds. The molecule has 31 heavy (non-hydrogen) atoms. The van der Waals surface area contributed by atoms with Gasteiger partial charge in [-0.1, -0.05) is 112 Å². The maximum absolute atomic E-state index is 2.47. The highest BCUT2D eigenvalue weighted by Gasteiger charge is 2.31. The first kappa shape index (κ1) is 22.1. The van der Waals surface area contributed by atoms with Crippen LogP contribution < -0.4 is 0 Å². The molecule has 0 heteroatoms. The van der Waals surface area contributed by atoms with Crippen molar-refractivity contribution in [3.05, 3.63) is 82.3 Å². The highest BCUT2D eigenvalue weighted by molar-refractivity contribution is 5.90.